The molecule has 0 saturated heterocycles. The zero-order valence-corrected chi connectivity index (χ0v) is 12.7. The lowest BCUT2D eigenvalue weighted by Gasteiger charge is -2.05. The zero-order chi connectivity index (χ0) is 15.0. The van der Waals surface area contributed by atoms with Gasteiger partial charge in [-0.1, -0.05) is 30.1 Å². The molecule has 0 saturated carbocycles. The second-order valence-electron chi connectivity index (χ2n) is 4.15. The van der Waals surface area contributed by atoms with Crippen molar-refractivity contribution in [3.63, 3.8) is 0 Å². The Labute approximate surface area is 128 Å². The minimum absolute atomic E-state index is 0.130. The van der Waals surface area contributed by atoms with Gasteiger partial charge in [-0.3, -0.25) is 9.59 Å². The molecule has 0 aromatic heterocycles. The third kappa shape index (κ3) is 6.78. The van der Waals surface area contributed by atoms with E-state index in [1.54, 1.807) is 6.07 Å². The minimum Gasteiger partial charge on any atom is -0.466 e. The van der Waals surface area contributed by atoms with Gasteiger partial charge >= 0.3 is 11.9 Å². The van der Waals surface area contributed by atoms with Gasteiger partial charge in [0.05, 0.1) is 6.61 Å². The molecule has 1 aromatic rings. The molecule has 6 heteroatoms. The Bertz CT molecular complexity index is 454. The Balaban J connectivity index is 2.31. The van der Waals surface area contributed by atoms with Crippen LogP contribution in [0.4, 0.5) is 0 Å². The summed E-state index contributed by atoms with van der Waals surface area (Å²) in [7, 11) is 0. The average Bonchev–Trinajstić information content (AvgIpc) is 2.35. The van der Waals surface area contributed by atoms with Crippen LogP contribution in [0.3, 0.4) is 0 Å². The largest absolute Gasteiger partial charge is 0.466 e. The number of ether oxygens (including phenoxy) is 2. The first-order valence-corrected chi connectivity index (χ1v) is 7.09. The molecule has 0 atom stereocenters. The first-order chi connectivity index (χ1) is 9.51. The highest BCUT2D eigenvalue weighted by Crippen LogP contribution is 2.24. The number of hydrogen-bond donors (Lipinski definition) is 0. The van der Waals surface area contributed by atoms with Crippen molar-refractivity contribution in [3.05, 3.63) is 28.2 Å². The van der Waals surface area contributed by atoms with Crippen molar-refractivity contribution < 1.29 is 19.1 Å². The summed E-state index contributed by atoms with van der Waals surface area (Å²) in [6.45, 7) is 2.32. The van der Waals surface area contributed by atoms with E-state index in [1.165, 1.54) is 12.1 Å². The molecular weight excluding hydrogens is 303 g/mol. The molecule has 0 aliphatic rings. The van der Waals surface area contributed by atoms with Gasteiger partial charge in [-0.2, -0.15) is 0 Å². The Hall–Kier alpha value is -1.26. The van der Waals surface area contributed by atoms with Gasteiger partial charge in [-0.25, -0.2) is 0 Å². The molecule has 0 aliphatic heterocycles. The quantitative estimate of drug-likeness (QED) is 0.562. The normalized spacial score (nSPS) is 10.2. The average molecular weight is 319 g/mol. The maximum atomic E-state index is 11.6. The van der Waals surface area contributed by atoms with E-state index in [1.807, 2.05) is 6.92 Å². The fourth-order valence-electron chi connectivity index (χ4n) is 1.44. The van der Waals surface area contributed by atoms with Crippen molar-refractivity contribution in [3.8, 4) is 5.75 Å². The highest BCUT2D eigenvalue weighted by atomic mass is 35.5. The topological polar surface area (TPSA) is 52.6 Å². The van der Waals surface area contributed by atoms with E-state index >= 15 is 0 Å². The summed E-state index contributed by atoms with van der Waals surface area (Å²) >= 11 is 11.6. The van der Waals surface area contributed by atoms with Crippen LogP contribution in [0, 0.1) is 0 Å². The van der Waals surface area contributed by atoms with Crippen LogP contribution in [0.5, 0.6) is 5.75 Å². The van der Waals surface area contributed by atoms with Crippen molar-refractivity contribution in [2.45, 2.75) is 32.6 Å². The van der Waals surface area contributed by atoms with Gasteiger partial charge in [0, 0.05) is 22.9 Å². The molecule has 0 aliphatic carbocycles. The van der Waals surface area contributed by atoms with Crippen molar-refractivity contribution in [1.29, 1.82) is 0 Å². The van der Waals surface area contributed by atoms with Crippen LogP contribution >= 0.6 is 23.2 Å². The van der Waals surface area contributed by atoms with E-state index in [0.717, 1.165) is 6.42 Å². The maximum Gasteiger partial charge on any atom is 0.311 e. The summed E-state index contributed by atoms with van der Waals surface area (Å²) in [5.41, 5.74) is 0. The van der Waals surface area contributed by atoms with Gasteiger partial charge in [0.1, 0.15) is 5.75 Å². The lowest BCUT2D eigenvalue weighted by atomic mass is 10.2. The van der Waals surface area contributed by atoms with Crippen LogP contribution in [-0.2, 0) is 14.3 Å². The Morgan fingerprint density at radius 2 is 1.65 bits per heavy atom. The molecule has 0 amide bonds. The standard InChI is InChI=1S/C14H16Cl2O4/c1-2-6-19-13(17)4-3-5-14(18)20-12-8-10(15)7-11(16)9-12/h7-9H,2-6H2,1H3. The molecular formula is C14H16Cl2O4. The molecule has 0 heterocycles. The second-order valence-corrected chi connectivity index (χ2v) is 5.03. The Morgan fingerprint density at radius 1 is 1.05 bits per heavy atom. The molecule has 0 unspecified atom stereocenters. The van der Waals surface area contributed by atoms with Crippen LogP contribution in [0.25, 0.3) is 0 Å². The number of carbonyl (C=O) groups excluding carboxylic acids is 2. The number of halogens is 2. The van der Waals surface area contributed by atoms with E-state index in [4.69, 9.17) is 32.7 Å². The monoisotopic (exact) mass is 318 g/mol. The molecule has 110 valence electrons. The van der Waals surface area contributed by atoms with E-state index in [0.29, 0.717) is 28.8 Å². The lowest BCUT2D eigenvalue weighted by molar-refractivity contribution is -0.144. The predicted molar refractivity (Wildman–Crippen MR) is 77.2 cm³/mol. The van der Waals surface area contributed by atoms with Gasteiger partial charge < -0.3 is 9.47 Å². The highest BCUT2D eigenvalue weighted by Gasteiger charge is 2.09. The van der Waals surface area contributed by atoms with Gasteiger partial charge in [-0.05, 0) is 31.0 Å². The van der Waals surface area contributed by atoms with Crippen LogP contribution in [0.15, 0.2) is 18.2 Å². The Kier molecular flexibility index (Phi) is 7.41. The minimum atomic E-state index is -0.438. The van der Waals surface area contributed by atoms with Crippen LogP contribution in [0.1, 0.15) is 32.6 Å². The summed E-state index contributed by atoms with van der Waals surface area (Å²) in [6.07, 6.45) is 1.50. The molecule has 4 nitrogen and oxygen atoms in total. The van der Waals surface area contributed by atoms with Gasteiger partial charge in [-0.15, -0.1) is 0 Å². The zero-order valence-electron chi connectivity index (χ0n) is 11.2. The number of esters is 2. The van der Waals surface area contributed by atoms with E-state index < -0.39 is 5.97 Å². The molecule has 20 heavy (non-hydrogen) atoms. The summed E-state index contributed by atoms with van der Waals surface area (Å²) in [5, 5.41) is 0.784. The smallest absolute Gasteiger partial charge is 0.311 e. The predicted octanol–water partition coefficient (Wildman–Crippen LogP) is 4.02. The third-order valence-corrected chi connectivity index (χ3v) is 2.73. The summed E-state index contributed by atoms with van der Waals surface area (Å²) < 4.78 is 9.98. The maximum absolute atomic E-state index is 11.6. The first-order valence-electron chi connectivity index (χ1n) is 6.33. The molecule has 0 fully saturated rings. The van der Waals surface area contributed by atoms with Crippen molar-refractivity contribution >= 4 is 35.1 Å². The molecule has 0 bridgehead atoms. The van der Waals surface area contributed by atoms with Gasteiger partial charge in [0.25, 0.3) is 0 Å². The second kappa shape index (κ2) is 8.82. The van der Waals surface area contributed by atoms with Gasteiger partial charge in [0.15, 0.2) is 0 Å². The number of carbonyl (C=O) groups is 2. The van der Waals surface area contributed by atoms with Crippen molar-refractivity contribution in [1.82, 2.24) is 0 Å². The molecule has 0 radical (unpaired) electrons. The summed E-state index contributed by atoms with van der Waals surface area (Å²) in [5.74, 6) is -0.446. The number of hydrogen-bond acceptors (Lipinski definition) is 4. The highest BCUT2D eigenvalue weighted by molar-refractivity contribution is 6.34. The lowest BCUT2D eigenvalue weighted by Crippen LogP contribution is -2.10. The number of rotatable bonds is 7. The number of benzene rings is 1. The molecule has 0 spiro atoms. The molecule has 1 aromatic carbocycles. The van der Waals surface area contributed by atoms with Crippen molar-refractivity contribution in [2.75, 3.05) is 6.61 Å². The van der Waals surface area contributed by atoms with E-state index in [2.05, 4.69) is 0 Å². The molecule has 0 N–H and O–H groups in total. The third-order valence-electron chi connectivity index (χ3n) is 2.30. The van der Waals surface area contributed by atoms with Crippen LogP contribution in [-0.4, -0.2) is 18.5 Å². The SMILES string of the molecule is CCCOC(=O)CCCC(=O)Oc1cc(Cl)cc(Cl)c1. The van der Waals surface area contributed by atoms with E-state index in [-0.39, 0.29) is 18.8 Å². The fourth-order valence-corrected chi connectivity index (χ4v) is 1.94. The van der Waals surface area contributed by atoms with Crippen molar-refractivity contribution in [2.24, 2.45) is 0 Å². The fraction of sp³-hybridized carbons (Fsp3) is 0.429. The molecule has 1 rings (SSSR count). The van der Waals surface area contributed by atoms with E-state index in [9.17, 15) is 9.59 Å². The summed E-state index contributed by atoms with van der Waals surface area (Å²) in [6, 6.07) is 4.55. The van der Waals surface area contributed by atoms with Crippen LogP contribution in [0.2, 0.25) is 10.0 Å². The summed E-state index contributed by atoms with van der Waals surface area (Å²) in [4.78, 5) is 22.8. The van der Waals surface area contributed by atoms with Crippen LogP contribution < -0.4 is 4.74 Å². The Morgan fingerprint density at radius 3 is 2.25 bits per heavy atom. The first kappa shape index (κ1) is 16.8. The van der Waals surface area contributed by atoms with Gasteiger partial charge in [0.2, 0.25) is 0 Å².